The maximum absolute atomic E-state index is 3.99. The zero-order valence-corrected chi connectivity index (χ0v) is 5.96. The third kappa shape index (κ3) is 1.35. The van der Waals surface area contributed by atoms with Crippen LogP contribution in [0.5, 0.6) is 0 Å². The van der Waals surface area contributed by atoms with E-state index in [0.717, 1.165) is 11.3 Å². The normalized spacial score (nSPS) is 20.1. The quantitative estimate of drug-likeness (QED) is 0.536. The zero-order chi connectivity index (χ0) is 7.40. The molecule has 1 rings (SSSR count). The van der Waals surface area contributed by atoms with Crippen LogP contribution in [0.25, 0.3) is 0 Å². The molecule has 0 saturated carbocycles. The number of hydrogen-bond donors (Lipinski definition) is 1. The molecular formula is C8H10N2. The molecule has 1 N–H and O–H groups in total. The molecule has 0 saturated heterocycles. The Hall–Kier alpha value is -1.31. The fourth-order valence-electron chi connectivity index (χ4n) is 0.740. The van der Waals surface area contributed by atoms with Crippen molar-refractivity contribution in [1.29, 1.82) is 0 Å². The highest BCUT2D eigenvalue weighted by Gasteiger charge is 1.98. The van der Waals surface area contributed by atoms with Gasteiger partial charge in [-0.2, -0.15) is 5.10 Å². The van der Waals surface area contributed by atoms with Crippen molar-refractivity contribution in [2.24, 2.45) is 5.10 Å². The number of allylic oxidation sites excluding steroid dienone is 5. The Morgan fingerprint density at radius 1 is 1.40 bits per heavy atom. The first kappa shape index (κ1) is 6.81. The lowest BCUT2D eigenvalue weighted by Gasteiger charge is -2.02. The molecule has 0 fully saturated rings. The lowest BCUT2D eigenvalue weighted by Crippen LogP contribution is -2.05. The van der Waals surface area contributed by atoms with Crippen LogP contribution in [0.1, 0.15) is 0 Å². The number of hydrogen-bond acceptors (Lipinski definition) is 2. The van der Waals surface area contributed by atoms with Gasteiger partial charge in [-0.3, -0.25) is 0 Å². The lowest BCUT2D eigenvalue weighted by molar-refractivity contribution is 0.902. The number of nitrogens with one attached hydrogen (secondary N) is 1. The summed E-state index contributed by atoms with van der Waals surface area (Å²) in [5, 5.41) is 3.99. The number of nitrogens with zero attached hydrogens (tertiary/aromatic N) is 1. The van der Waals surface area contributed by atoms with Gasteiger partial charge in [-0.15, -0.1) is 0 Å². The van der Waals surface area contributed by atoms with Crippen LogP contribution < -0.4 is 5.43 Å². The summed E-state index contributed by atoms with van der Waals surface area (Å²) in [5.74, 6) is 0. The van der Waals surface area contributed by atoms with Crippen molar-refractivity contribution in [1.82, 2.24) is 5.43 Å². The van der Waals surface area contributed by atoms with Gasteiger partial charge in [0.25, 0.3) is 0 Å². The van der Waals surface area contributed by atoms with Crippen LogP contribution in [0.2, 0.25) is 0 Å². The van der Waals surface area contributed by atoms with Gasteiger partial charge in [0, 0.05) is 7.05 Å². The summed E-state index contributed by atoms with van der Waals surface area (Å²) in [6, 6.07) is 0. The van der Waals surface area contributed by atoms with Gasteiger partial charge >= 0.3 is 0 Å². The maximum Gasteiger partial charge on any atom is 0.0895 e. The highest BCUT2D eigenvalue weighted by Crippen LogP contribution is 2.03. The highest BCUT2D eigenvalue weighted by atomic mass is 15.3. The second-order valence-electron chi connectivity index (χ2n) is 1.96. The summed E-state index contributed by atoms with van der Waals surface area (Å²) in [4.78, 5) is 0. The van der Waals surface area contributed by atoms with Crippen LogP contribution in [-0.4, -0.2) is 12.8 Å². The third-order valence-electron chi connectivity index (χ3n) is 1.22. The first-order valence-electron chi connectivity index (χ1n) is 3.13. The fraction of sp³-hybridized carbons (Fsp3) is 0.125. The Balaban J connectivity index is 2.80. The smallest absolute Gasteiger partial charge is 0.0895 e. The molecule has 0 atom stereocenters. The Bertz CT molecular complexity index is 221. The van der Waals surface area contributed by atoms with Crippen LogP contribution in [0.3, 0.4) is 0 Å². The molecule has 2 nitrogen and oxygen atoms in total. The summed E-state index contributed by atoms with van der Waals surface area (Å²) in [5.41, 5.74) is 4.54. The second-order valence-corrected chi connectivity index (χ2v) is 1.96. The molecule has 0 amide bonds. The molecule has 1 aliphatic rings. The predicted octanol–water partition coefficient (Wildman–Crippen LogP) is 1.24. The highest BCUT2D eigenvalue weighted by molar-refractivity contribution is 6.10. The van der Waals surface area contributed by atoms with Gasteiger partial charge < -0.3 is 5.43 Å². The van der Waals surface area contributed by atoms with E-state index in [9.17, 15) is 0 Å². The minimum absolute atomic E-state index is 0.894. The molecule has 0 spiro atoms. The van der Waals surface area contributed by atoms with Crippen molar-refractivity contribution in [3.63, 3.8) is 0 Å². The average molecular weight is 134 g/mol. The number of hydrazone groups is 1. The standard InChI is InChI=1S/C8H10N2/c1-7-5-3-4-6-8(7)10-9-2/h3-6,9H,1H2,2H3/b10-8-. The zero-order valence-electron chi connectivity index (χ0n) is 5.96. The first-order valence-corrected chi connectivity index (χ1v) is 3.13. The van der Waals surface area contributed by atoms with E-state index in [-0.39, 0.29) is 0 Å². The van der Waals surface area contributed by atoms with Crippen molar-refractivity contribution in [3.05, 3.63) is 36.5 Å². The lowest BCUT2D eigenvalue weighted by atomic mass is 10.1. The molecule has 2 heteroatoms. The van der Waals surface area contributed by atoms with Crippen LogP contribution in [-0.2, 0) is 0 Å². The molecule has 0 aromatic heterocycles. The summed E-state index contributed by atoms with van der Waals surface area (Å²) >= 11 is 0. The largest absolute Gasteiger partial charge is 0.313 e. The van der Waals surface area contributed by atoms with Crippen LogP contribution in [0, 0.1) is 0 Å². The summed E-state index contributed by atoms with van der Waals surface area (Å²) in [7, 11) is 1.77. The average Bonchev–Trinajstić information content (AvgIpc) is 1.94. The van der Waals surface area contributed by atoms with E-state index in [4.69, 9.17) is 0 Å². The van der Waals surface area contributed by atoms with E-state index in [1.54, 1.807) is 7.05 Å². The van der Waals surface area contributed by atoms with Gasteiger partial charge in [-0.25, -0.2) is 0 Å². The molecule has 52 valence electrons. The predicted molar refractivity (Wildman–Crippen MR) is 43.9 cm³/mol. The molecule has 0 aliphatic heterocycles. The Morgan fingerprint density at radius 3 is 2.70 bits per heavy atom. The van der Waals surface area contributed by atoms with E-state index in [1.807, 2.05) is 24.3 Å². The van der Waals surface area contributed by atoms with Gasteiger partial charge in [-0.05, 0) is 11.6 Å². The molecule has 0 aromatic carbocycles. The monoisotopic (exact) mass is 134 g/mol. The second kappa shape index (κ2) is 3.01. The van der Waals surface area contributed by atoms with E-state index in [1.165, 1.54) is 0 Å². The SMILES string of the molecule is C=C1C=CC=C/C1=N/NC. The maximum atomic E-state index is 3.99. The molecule has 0 radical (unpaired) electrons. The molecule has 0 bridgehead atoms. The first-order chi connectivity index (χ1) is 4.84. The minimum Gasteiger partial charge on any atom is -0.313 e. The summed E-state index contributed by atoms with van der Waals surface area (Å²) in [6.07, 6.45) is 7.72. The fourth-order valence-corrected chi connectivity index (χ4v) is 0.740. The summed E-state index contributed by atoms with van der Waals surface area (Å²) < 4.78 is 0. The third-order valence-corrected chi connectivity index (χ3v) is 1.22. The van der Waals surface area contributed by atoms with E-state index >= 15 is 0 Å². The molecule has 0 aromatic rings. The number of rotatable bonds is 1. The van der Waals surface area contributed by atoms with Crippen LogP contribution >= 0.6 is 0 Å². The Kier molecular flexibility index (Phi) is 2.05. The van der Waals surface area contributed by atoms with E-state index < -0.39 is 0 Å². The Labute approximate surface area is 60.6 Å². The summed E-state index contributed by atoms with van der Waals surface area (Å²) in [6.45, 7) is 3.81. The van der Waals surface area contributed by atoms with Gasteiger partial charge in [0.2, 0.25) is 0 Å². The van der Waals surface area contributed by atoms with Crippen molar-refractivity contribution in [2.45, 2.75) is 0 Å². The Morgan fingerprint density at radius 2 is 2.10 bits per heavy atom. The van der Waals surface area contributed by atoms with Crippen molar-refractivity contribution >= 4 is 5.71 Å². The molecular weight excluding hydrogens is 124 g/mol. The van der Waals surface area contributed by atoms with Crippen LogP contribution in [0.4, 0.5) is 0 Å². The van der Waals surface area contributed by atoms with Crippen molar-refractivity contribution in [2.75, 3.05) is 7.05 Å². The topological polar surface area (TPSA) is 24.4 Å². The van der Waals surface area contributed by atoms with Crippen LogP contribution in [0.15, 0.2) is 41.6 Å². The molecule has 0 unspecified atom stereocenters. The van der Waals surface area contributed by atoms with Crippen molar-refractivity contribution < 1.29 is 0 Å². The van der Waals surface area contributed by atoms with E-state index in [2.05, 4.69) is 17.1 Å². The molecule has 0 heterocycles. The molecule has 1 aliphatic carbocycles. The molecule has 10 heavy (non-hydrogen) atoms. The minimum atomic E-state index is 0.894. The van der Waals surface area contributed by atoms with Gasteiger partial charge in [-0.1, -0.05) is 24.8 Å². The van der Waals surface area contributed by atoms with Gasteiger partial charge in [0.15, 0.2) is 0 Å². The van der Waals surface area contributed by atoms with Gasteiger partial charge in [0.05, 0.1) is 5.71 Å². The van der Waals surface area contributed by atoms with Gasteiger partial charge in [0.1, 0.15) is 0 Å². The van der Waals surface area contributed by atoms with Crippen molar-refractivity contribution in [3.8, 4) is 0 Å². The van der Waals surface area contributed by atoms with E-state index in [0.29, 0.717) is 0 Å².